The van der Waals surface area contributed by atoms with Gasteiger partial charge in [-0.1, -0.05) is 41.4 Å². The van der Waals surface area contributed by atoms with Crippen molar-refractivity contribution in [2.75, 3.05) is 16.8 Å². The van der Waals surface area contributed by atoms with Crippen molar-refractivity contribution in [1.82, 2.24) is 0 Å². The van der Waals surface area contributed by atoms with Crippen molar-refractivity contribution in [3.05, 3.63) is 58.1 Å². The maximum atomic E-state index is 12.2. The number of anilines is 2. The number of amides is 2. The molecule has 1 heterocycles. The summed E-state index contributed by atoms with van der Waals surface area (Å²) in [7, 11) is 0. The number of carbonyl (C=O) groups is 2. The summed E-state index contributed by atoms with van der Waals surface area (Å²) in [4.78, 5) is 25.8. The first-order chi connectivity index (χ1) is 12.0. The highest BCUT2D eigenvalue weighted by molar-refractivity contribution is 6.42. The van der Waals surface area contributed by atoms with E-state index in [9.17, 15) is 9.59 Å². The minimum atomic E-state index is -0.110. The summed E-state index contributed by atoms with van der Waals surface area (Å²) in [6, 6.07) is 12.8. The first-order valence-electron chi connectivity index (χ1n) is 8.18. The van der Waals surface area contributed by atoms with Crippen molar-refractivity contribution in [3.63, 3.8) is 0 Å². The second-order valence-electron chi connectivity index (χ2n) is 5.96. The lowest BCUT2D eigenvalue weighted by molar-refractivity contribution is -0.117. The van der Waals surface area contributed by atoms with Crippen molar-refractivity contribution in [2.45, 2.75) is 25.7 Å². The van der Waals surface area contributed by atoms with Gasteiger partial charge in [0.15, 0.2) is 0 Å². The molecule has 0 atom stereocenters. The SMILES string of the molecule is O=C(CCc1cccc(Cl)c1Cl)Nc1cccc(N2CCCC2=O)c1. The third-order valence-corrected chi connectivity index (χ3v) is 5.03. The lowest BCUT2D eigenvalue weighted by Gasteiger charge is -2.16. The van der Waals surface area contributed by atoms with Crippen LogP contribution < -0.4 is 10.2 Å². The molecule has 1 saturated heterocycles. The van der Waals surface area contributed by atoms with Crippen LogP contribution in [0, 0.1) is 0 Å². The van der Waals surface area contributed by atoms with Crippen LogP contribution in [0.2, 0.25) is 10.0 Å². The van der Waals surface area contributed by atoms with Gasteiger partial charge in [0.25, 0.3) is 0 Å². The monoisotopic (exact) mass is 376 g/mol. The fourth-order valence-electron chi connectivity index (χ4n) is 2.89. The molecule has 1 fully saturated rings. The number of benzene rings is 2. The van der Waals surface area contributed by atoms with E-state index < -0.39 is 0 Å². The van der Waals surface area contributed by atoms with E-state index in [0.29, 0.717) is 35.0 Å². The first-order valence-corrected chi connectivity index (χ1v) is 8.93. The third-order valence-electron chi connectivity index (χ3n) is 4.17. The van der Waals surface area contributed by atoms with Crippen LogP contribution in [-0.4, -0.2) is 18.4 Å². The van der Waals surface area contributed by atoms with Gasteiger partial charge in [-0.2, -0.15) is 0 Å². The zero-order valence-electron chi connectivity index (χ0n) is 13.6. The molecule has 25 heavy (non-hydrogen) atoms. The molecule has 0 saturated carbocycles. The van der Waals surface area contributed by atoms with E-state index in [1.807, 2.05) is 36.4 Å². The molecule has 1 N–H and O–H groups in total. The Bertz CT molecular complexity index is 808. The lowest BCUT2D eigenvalue weighted by atomic mass is 10.1. The zero-order valence-corrected chi connectivity index (χ0v) is 15.1. The zero-order chi connectivity index (χ0) is 17.8. The van der Waals surface area contributed by atoms with E-state index in [0.717, 1.165) is 24.2 Å². The minimum Gasteiger partial charge on any atom is -0.326 e. The van der Waals surface area contributed by atoms with Crippen LogP contribution in [0.1, 0.15) is 24.8 Å². The van der Waals surface area contributed by atoms with Crippen LogP contribution >= 0.6 is 23.2 Å². The molecule has 130 valence electrons. The number of nitrogens with one attached hydrogen (secondary N) is 1. The number of aryl methyl sites for hydroxylation is 1. The van der Waals surface area contributed by atoms with E-state index in [1.54, 1.807) is 11.0 Å². The van der Waals surface area contributed by atoms with Crippen molar-refractivity contribution in [2.24, 2.45) is 0 Å². The van der Waals surface area contributed by atoms with Crippen molar-refractivity contribution in [3.8, 4) is 0 Å². The highest BCUT2D eigenvalue weighted by Gasteiger charge is 2.21. The Labute approximate surface area is 156 Å². The molecule has 0 radical (unpaired) electrons. The van der Waals surface area contributed by atoms with Crippen LogP contribution in [-0.2, 0) is 16.0 Å². The average molecular weight is 377 g/mol. The van der Waals surface area contributed by atoms with E-state index in [1.165, 1.54) is 0 Å². The fraction of sp³-hybridized carbons (Fsp3) is 0.263. The van der Waals surface area contributed by atoms with Gasteiger partial charge in [-0.05, 0) is 42.7 Å². The van der Waals surface area contributed by atoms with Gasteiger partial charge in [-0.3, -0.25) is 9.59 Å². The van der Waals surface area contributed by atoms with E-state index in [-0.39, 0.29) is 11.8 Å². The van der Waals surface area contributed by atoms with E-state index in [2.05, 4.69) is 5.32 Å². The number of nitrogens with zero attached hydrogens (tertiary/aromatic N) is 1. The fourth-order valence-corrected chi connectivity index (χ4v) is 3.30. The topological polar surface area (TPSA) is 49.4 Å². The summed E-state index contributed by atoms with van der Waals surface area (Å²) in [5, 5.41) is 3.85. The molecule has 2 amide bonds. The molecule has 0 aromatic heterocycles. The van der Waals surface area contributed by atoms with Crippen molar-refractivity contribution in [1.29, 1.82) is 0 Å². The number of hydrogen-bond donors (Lipinski definition) is 1. The summed E-state index contributed by atoms with van der Waals surface area (Å²) in [6.45, 7) is 0.726. The average Bonchev–Trinajstić information content (AvgIpc) is 3.02. The Morgan fingerprint density at radius 3 is 2.72 bits per heavy atom. The number of hydrogen-bond acceptors (Lipinski definition) is 2. The molecular weight excluding hydrogens is 359 g/mol. The minimum absolute atomic E-state index is 0.110. The normalized spacial score (nSPS) is 14.0. The predicted molar refractivity (Wildman–Crippen MR) is 101 cm³/mol. The Kier molecular flexibility index (Phi) is 5.61. The highest BCUT2D eigenvalue weighted by atomic mass is 35.5. The molecule has 4 nitrogen and oxygen atoms in total. The molecule has 2 aromatic rings. The van der Waals surface area contributed by atoms with E-state index >= 15 is 0 Å². The highest BCUT2D eigenvalue weighted by Crippen LogP contribution is 2.27. The van der Waals surface area contributed by atoms with Crippen LogP contribution in [0.15, 0.2) is 42.5 Å². The van der Waals surface area contributed by atoms with Gasteiger partial charge in [-0.25, -0.2) is 0 Å². The van der Waals surface area contributed by atoms with Crippen LogP contribution in [0.25, 0.3) is 0 Å². The maximum absolute atomic E-state index is 12.2. The van der Waals surface area contributed by atoms with Crippen LogP contribution in [0.5, 0.6) is 0 Å². The van der Waals surface area contributed by atoms with Crippen molar-refractivity contribution >= 4 is 46.4 Å². The Morgan fingerprint density at radius 1 is 1.16 bits per heavy atom. The molecule has 0 spiro atoms. The summed E-state index contributed by atoms with van der Waals surface area (Å²) >= 11 is 12.1. The number of halogens is 2. The molecule has 1 aliphatic rings. The number of carbonyl (C=O) groups excluding carboxylic acids is 2. The Morgan fingerprint density at radius 2 is 1.96 bits per heavy atom. The van der Waals surface area contributed by atoms with Gasteiger partial charge in [0.2, 0.25) is 11.8 Å². The molecule has 6 heteroatoms. The summed E-state index contributed by atoms with van der Waals surface area (Å²) in [6.07, 6.45) is 2.26. The molecule has 0 unspecified atom stereocenters. The lowest BCUT2D eigenvalue weighted by Crippen LogP contribution is -2.23. The summed E-state index contributed by atoms with van der Waals surface area (Å²) < 4.78 is 0. The quantitative estimate of drug-likeness (QED) is 0.822. The van der Waals surface area contributed by atoms with Crippen LogP contribution in [0.4, 0.5) is 11.4 Å². The van der Waals surface area contributed by atoms with Gasteiger partial charge in [0.1, 0.15) is 0 Å². The maximum Gasteiger partial charge on any atom is 0.227 e. The summed E-state index contributed by atoms with van der Waals surface area (Å²) in [5.41, 5.74) is 2.35. The molecular formula is C19H18Cl2N2O2. The van der Waals surface area contributed by atoms with Gasteiger partial charge < -0.3 is 10.2 Å². The largest absolute Gasteiger partial charge is 0.326 e. The Balaban J connectivity index is 1.61. The van der Waals surface area contributed by atoms with Crippen molar-refractivity contribution < 1.29 is 9.59 Å². The van der Waals surface area contributed by atoms with E-state index in [4.69, 9.17) is 23.2 Å². The molecule has 0 bridgehead atoms. The predicted octanol–water partition coefficient (Wildman–Crippen LogP) is 4.69. The van der Waals surface area contributed by atoms with Crippen LogP contribution in [0.3, 0.4) is 0 Å². The van der Waals surface area contributed by atoms with Gasteiger partial charge in [0.05, 0.1) is 10.0 Å². The first kappa shape index (κ1) is 17.8. The molecule has 3 rings (SSSR count). The Hall–Kier alpha value is -2.04. The van der Waals surface area contributed by atoms with Gasteiger partial charge in [-0.15, -0.1) is 0 Å². The molecule has 1 aliphatic heterocycles. The molecule has 0 aliphatic carbocycles. The van der Waals surface area contributed by atoms with Gasteiger partial charge in [0, 0.05) is 30.8 Å². The second-order valence-corrected chi connectivity index (χ2v) is 6.75. The third kappa shape index (κ3) is 4.33. The molecule has 2 aromatic carbocycles. The second kappa shape index (κ2) is 7.89. The summed E-state index contributed by atoms with van der Waals surface area (Å²) in [5.74, 6) is 0.0139. The number of rotatable bonds is 5. The van der Waals surface area contributed by atoms with Gasteiger partial charge >= 0.3 is 0 Å². The smallest absolute Gasteiger partial charge is 0.227 e. The standard InChI is InChI=1S/C19H18Cl2N2O2/c20-16-7-1-4-13(19(16)21)9-10-17(24)22-14-5-2-6-15(12-14)23-11-3-8-18(23)25/h1-2,4-7,12H,3,8-11H2,(H,22,24).